The first-order valence-corrected chi connectivity index (χ1v) is 26.7. The Kier molecular flexibility index (Phi) is 8.18. The quantitative estimate of drug-likeness (QED) is 0.176. The molecular weight excluding hydrogens is 911 g/mol. The second-order valence-corrected chi connectivity index (χ2v) is 24.0. The Morgan fingerprint density at radius 3 is 1.37 bits per heavy atom. The van der Waals surface area contributed by atoms with Gasteiger partial charge >= 0.3 is 0 Å². The third-order valence-electron chi connectivity index (χ3n) is 18.7. The molecule has 0 amide bonds. The lowest BCUT2D eigenvalue weighted by Crippen LogP contribution is -2.18. The fourth-order valence-corrected chi connectivity index (χ4v) is 14.6. The molecule has 0 N–H and O–H groups in total. The molecule has 4 aliphatic rings. The molecule has 0 spiro atoms. The normalized spacial score (nSPS) is 16.2. The van der Waals surface area contributed by atoms with E-state index in [1.807, 2.05) is 0 Å². The number of hydrogen-bond acceptors (Lipinski definition) is 3. The van der Waals surface area contributed by atoms with E-state index in [4.69, 9.17) is 8.83 Å². The number of benzene rings is 10. The molecule has 0 saturated heterocycles. The Morgan fingerprint density at radius 2 is 0.747 bits per heavy atom. The topological polar surface area (TPSA) is 29.5 Å². The van der Waals surface area contributed by atoms with Gasteiger partial charge in [0.15, 0.2) is 0 Å². The predicted octanol–water partition coefficient (Wildman–Crippen LogP) is 19.8. The minimum atomic E-state index is -0.268. The molecule has 0 saturated carbocycles. The van der Waals surface area contributed by atoms with Gasteiger partial charge in [0.1, 0.15) is 22.3 Å². The van der Waals surface area contributed by atoms with E-state index < -0.39 is 0 Å². The van der Waals surface area contributed by atoms with Crippen molar-refractivity contribution in [2.24, 2.45) is 0 Å². The molecule has 0 radical (unpaired) electrons. The molecule has 0 aliphatic heterocycles. The minimum absolute atomic E-state index is 0.176. The number of hydrogen-bond donors (Lipinski definition) is 0. The number of furan rings is 2. The molecule has 0 atom stereocenters. The summed E-state index contributed by atoms with van der Waals surface area (Å²) in [6, 6.07) is 70.5. The minimum Gasteiger partial charge on any atom is -0.456 e. The Balaban J connectivity index is 0.839. The molecule has 75 heavy (non-hydrogen) atoms. The first-order valence-electron chi connectivity index (χ1n) is 26.7. The van der Waals surface area contributed by atoms with E-state index in [-0.39, 0.29) is 21.7 Å². The van der Waals surface area contributed by atoms with Crippen molar-refractivity contribution < 1.29 is 8.83 Å². The molecule has 0 unspecified atom stereocenters. The van der Waals surface area contributed by atoms with Gasteiger partial charge in [0.25, 0.3) is 0 Å². The van der Waals surface area contributed by atoms with E-state index in [1.165, 1.54) is 122 Å². The molecule has 10 aromatic carbocycles. The van der Waals surface area contributed by atoms with Crippen LogP contribution in [0.15, 0.2) is 197 Å². The van der Waals surface area contributed by atoms with Gasteiger partial charge in [-0.15, -0.1) is 0 Å². The first-order chi connectivity index (χ1) is 36.2. The standard InChI is InChI=1S/C72H55NO2/c1-69(2)54-32-33-64-67(49-19-13-15-21-63(49)74-64)65(54)52-38-58-50(36-60(52)69)45-28-26-43(34-56(45)71(58,5)6)73(42-24-22-41(23-25-42)40-16-10-9-11-17-40)44-27-29-46-51-37-61-53(39-59(51)72(7,8)57(46)35-44)66-55(70(61,3)4)31-30-48-47-18-12-14-20-62(47)75-68(48)66/h9-39H,1-8H3. The fourth-order valence-electron chi connectivity index (χ4n) is 14.6. The van der Waals surface area contributed by atoms with Crippen LogP contribution in [0, 0.1) is 0 Å². The number of para-hydroxylation sites is 2. The van der Waals surface area contributed by atoms with Gasteiger partial charge in [-0.25, -0.2) is 0 Å². The molecule has 360 valence electrons. The molecule has 3 heteroatoms. The number of rotatable bonds is 4. The summed E-state index contributed by atoms with van der Waals surface area (Å²) in [5.41, 5.74) is 30.1. The highest BCUT2D eigenvalue weighted by Crippen LogP contribution is 2.61. The molecule has 12 aromatic rings. The van der Waals surface area contributed by atoms with Gasteiger partial charge in [-0.2, -0.15) is 0 Å². The van der Waals surface area contributed by atoms with Gasteiger partial charge in [-0.1, -0.05) is 165 Å². The summed E-state index contributed by atoms with van der Waals surface area (Å²) in [4.78, 5) is 2.49. The monoisotopic (exact) mass is 965 g/mol. The van der Waals surface area contributed by atoms with Gasteiger partial charge in [0.2, 0.25) is 0 Å². The summed E-state index contributed by atoms with van der Waals surface area (Å²) in [6.07, 6.45) is 0. The summed E-state index contributed by atoms with van der Waals surface area (Å²) in [5, 5.41) is 4.75. The van der Waals surface area contributed by atoms with E-state index >= 15 is 0 Å². The average molecular weight is 966 g/mol. The largest absolute Gasteiger partial charge is 0.456 e. The lowest BCUT2D eigenvalue weighted by molar-refractivity contribution is 0.649. The summed E-state index contributed by atoms with van der Waals surface area (Å²) in [6.45, 7) is 19.2. The van der Waals surface area contributed by atoms with Gasteiger partial charge in [0, 0.05) is 65.8 Å². The van der Waals surface area contributed by atoms with Gasteiger partial charge in [0.05, 0.1) is 0 Å². The predicted molar refractivity (Wildman–Crippen MR) is 311 cm³/mol. The first kappa shape index (κ1) is 43.0. The highest BCUT2D eigenvalue weighted by Gasteiger charge is 2.45. The number of nitrogens with zero attached hydrogens (tertiary/aromatic N) is 1. The van der Waals surface area contributed by atoms with Crippen LogP contribution in [0.5, 0.6) is 0 Å². The zero-order valence-corrected chi connectivity index (χ0v) is 43.7. The Bertz CT molecular complexity index is 4520. The lowest BCUT2D eigenvalue weighted by atomic mass is 9.79. The van der Waals surface area contributed by atoms with E-state index in [0.717, 1.165) is 39.4 Å². The van der Waals surface area contributed by atoms with Crippen LogP contribution in [0.1, 0.15) is 99.9 Å². The second kappa shape index (κ2) is 14.3. The highest BCUT2D eigenvalue weighted by atomic mass is 16.3. The van der Waals surface area contributed by atoms with Crippen LogP contribution >= 0.6 is 0 Å². The summed E-state index contributed by atoms with van der Waals surface area (Å²) < 4.78 is 13.2. The zero-order chi connectivity index (χ0) is 50.7. The molecule has 4 aliphatic carbocycles. The van der Waals surface area contributed by atoms with E-state index in [2.05, 4.69) is 248 Å². The lowest BCUT2D eigenvalue weighted by Gasteiger charge is -2.30. The molecule has 16 rings (SSSR count). The maximum atomic E-state index is 6.75. The highest BCUT2D eigenvalue weighted by molar-refractivity contribution is 6.16. The fraction of sp³-hybridized carbons (Fsp3) is 0.167. The van der Waals surface area contributed by atoms with Crippen LogP contribution in [0.25, 0.3) is 99.5 Å². The second-order valence-electron chi connectivity index (χ2n) is 24.0. The zero-order valence-electron chi connectivity index (χ0n) is 43.7. The molecule has 0 fully saturated rings. The SMILES string of the molecule is CC1(C)c2cc(N(c3ccc(-c4ccccc4)cc3)c3ccc4c(c3)C(C)(C)c3cc5c(cc3-4)C(C)(C)c3ccc4oc6ccccc6c4c3-5)ccc2-c2cc3c(cc21)-c1c(ccc2c1oc1ccccc12)C3(C)C. The van der Waals surface area contributed by atoms with Gasteiger partial charge < -0.3 is 13.7 Å². The molecule has 3 nitrogen and oxygen atoms in total. The van der Waals surface area contributed by atoms with Crippen molar-refractivity contribution in [1.29, 1.82) is 0 Å². The van der Waals surface area contributed by atoms with Gasteiger partial charge in [-0.3, -0.25) is 0 Å². The van der Waals surface area contributed by atoms with Gasteiger partial charge in [-0.05, 0) is 173 Å². The molecule has 0 bridgehead atoms. The number of anilines is 3. The molecule has 2 heterocycles. The van der Waals surface area contributed by atoms with E-state index in [0.29, 0.717) is 0 Å². The van der Waals surface area contributed by atoms with Crippen LogP contribution in [-0.2, 0) is 21.7 Å². The van der Waals surface area contributed by atoms with Crippen molar-refractivity contribution in [2.45, 2.75) is 77.0 Å². The molecular formula is C72H55NO2. The molecule has 2 aromatic heterocycles. The van der Waals surface area contributed by atoms with Crippen molar-refractivity contribution in [3.05, 3.63) is 233 Å². The average Bonchev–Trinajstić information content (AvgIpc) is 4.38. The van der Waals surface area contributed by atoms with E-state index in [9.17, 15) is 0 Å². The Hall–Kier alpha value is -8.40. The van der Waals surface area contributed by atoms with Crippen molar-refractivity contribution in [1.82, 2.24) is 0 Å². The van der Waals surface area contributed by atoms with Crippen LogP contribution < -0.4 is 4.90 Å². The summed E-state index contributed by atoms with van der Waals surface area (Å²) in [7, 11) is 0. The Morgan fingerprint density at radius 1 is 0.293 bits per heavy atom. The van der Waals surface area contributed by atoms with Crippen molar-refractivity contribution in [3.8, 4) is 55.6 Å². The van der Waals surface area contributed by atoms with Crippen LogP contribution in [0.2, 0.25) is 0 Å². The smallest absolute Gasteiger partial charge is 0.143 e. The van der Waals surface area contributed by atoms with Crippen LogP contribution in [-0.4, -0.2) is 0 Å². The van der Waals surface area contributed by atoms with Crippen LogP contribution in [0.4, 0.5) is 17.1 Å². The van der Waals surface area contributed by atoms with Crippen molar-refractivity contribution in [2.75, 3.05) is 4.90 Å². The van der Waals surface area contributed by atoms with E-state index in [1.54, 1.807) is 0 Å². The number of fused-ring (bicyclic) bond motifs is 20. The summed E-state index contributed by atoms with van der Waals surface area (Å²) >= 11 is 0. The van der Waals surface area contributed by atoms with Crippen LogP contribution in [0.3, 0.4) is 0 Å². The third-order valence-corrected chi connectivity index (χ3v) is 18.7. The summed E-state index contributed by atoms with van der Waals surface area (Å²) in [5.74, 6) is 0. The van der Waals surface area contributed by atoms with Crippen molar-refractivity contribution in [3.63, 3.8) is 0 Å². The maximum Gasteiger partial charge on any atom is 0.143 e. The maximum absolute atomic E-state index is 6.75. The Labute approximate surface area is 437 Å². The van der Waals surface area contributed by atoms with Crippen molar-refractivity contribution >= 4 is 60.9 Å². The third kappa shape index (κ3) is 5.50.